The zero-order valence-electron chi connectivity index (χ0n) is 12.9. The number of nitrogens with one attached hydrogen (secondary N) is 1. The molecule has 2 heterocycles. The lowest BCUT2D eigenvalue weighted by Crippen LogP contribution is -2.45. The minimum Gasteiger partial charge on any atom is -0.314 e. The number of rotatable bonds is 3. The summed E-state index contributed by atoms with van der Waals surface area (Å²) in [6.07, 6.45) is -4.59. The predicted octanol–water partition coefficient (Wildman–Crippen LogP) is 4.98. The Balaban J connectivity index is 0.00000225. The first-order chi connectivity index (χ1) is 11.3. The Labute approximate surface area is 158 Å². The van der Waals surface area contributed by atoms with E-state index in [4.69, 9.17) is 11.6 Å². The minimum absolute atomic E-state index is 0. The van der Waals surface area contributed by atoms with Gasteiger partial charge in [0.25, 0.3) is 0 Å². The average molecular weight is 415 g/mol. The number of hydrogen-bond donors (Lipinski definition) is 1. The molecule has 1 N–H and O–H groups in total. The standard InChI is InChI=1S/C16H15ClF4N2S.ClH/c17-14-2-1-13(24-14)15(23-5-3-22-4-6-23)10-7-11(16(19,20)21)9-12(18)8-10;/h1-2,7-9,15,22H,3-6H2;1H/t15-;/m0./s1. The number of nitrogens with zero attached hydrogens (tertiary/aromatic N) is 1. The first kappa shape index (κ1) is 20.5. The fraction of sp³-hybridized carbons (Fsp3) is 0.375. The highest BCUT2D eigenvalue weighted by Crippen LogP contribution is 2.38. The SMILES string of the molecule is Cl.Fc1cc([C@@H](c2ccc(Cl)s2)N2CCNCC2)cc(C(F)(F)F)c1. The second kappa shape index (κ2) is 8.22. The van der Waals surface area contributed by atoms with Crippen molar-refractivity contribution in [1.82, 2.24) is 10.2 Å². The lowest BCUT2D eigenvalue weighted by molar-refractivity contribution is -0.137. The van der Waals surface area contributed by atoms with Crippen molar-refractivity contribution in [2.45, 2.75) is 12.2 Å². The maximum absolute atomic E-state index is 13.9. The van der Waals surface area contributed by atoms with E-state index in [2.05, 4.69) is 5.32 Å². The van der Waals surface area contributed by atoms with Crippen molar-refractivity contribution in [3.05, 3.63) is 56.5 Å². The predicted molar refractivity (Wildman–Crippen MR) is 94.3 cm³/mol. The van der Waals surface area contributed by atoms with Crippen LogP contribution in [0.3, 0.4) is 0 Å². The topological polar surface area (TPSA) is 15.3 Å². The largest absolute Gasteiger partial charge is 0.416 e. The van der Waals surface area contributed by atoms with Crippen molar-refractivity contribution in [1.29, 1.82) is 0 Å². The van der Waals surface area contributed by atoms with Gasteiger partial charge in [-0.3, -0.25) is 4.90 Å². The summed E-state index contributed by atoms with van der Waals surface area (Å²) in [6, 6.07) is 5.79. The van der Waals surface area contributed by atoms with Crippen molar-refractivity contribution in [2.75, 3.05) is 26.2 Å². The third-order valence-corrected chi connectivity index (χ3v) is 5.23. The van der Waals surface area contributed by atoms with E-state index in [9.17, 15) is 17.6 Å². The summed E-state index contributed by atoms with van der Waals surface area (Å²) in [5, 5.41) is 3.21. The number of piperazine rings is 1. The summed E-state index contributed by atoms with van der Waals surface area (Å²) in [4.78, 5) is 2.86. The van der Waals surface area contributed by atoms with Crippen LogP contribution in [0.1, 0.15) is 22.0 Å². The second-order valence-electron chi connectivity index (χ2n) is 5.60. The van der Waals surface area contributed by atoms with Crippen molar-refractivity contribution >= 4 is 35.3 Å². The Kier molecular flexibility index (Phi) is 6.73. The number of benzene rings is 1. The molecule has 3 rings (SSSR count). The van der Waals surface area contributed by atoms with Crippen LogP contribution in [0.5, 0.6) is 0 Å². The fourth-order valence-corrected chi connectivity index (χ4v) is 4.13. The van der Waals surface area contributed by atoms with Crippen LogP contribution in [0, 0.1) is 5.82 Å². The summed E-state index contributed by atoms with van der Waals surface area (Å²) in [7, 11) is 0. The molecule has 0 unspecified atom stereocenters. The molecule has 25 heavy (non-hydrogen) atoms. The van der Waals surface area contributed by atoms with Gasteiger partial charge in [-0.15, -0.1) is 23.7 Å². The van der Waals surface area contributed by atoms with E-state index in [0.717, 1.165) is 24.0 Å². The Morgan fingerprint density at radius 3 is 2.36 bits per heavy atom. The van der Waals surface area contributed by atoms with Crippen LogP contribution >= 0.6 is 35.3 Å². The molecular weight excluding hydrogens is 399 g/mol. The van der Waals surface area contributed by atoms with Crippen molar-refractivity contribution < 1.29 is 17.6 Å². The minimum atomic E-state index is -4.59. The molecule has 0 saturated carbocycles. The quantitative estimate of drug-likeness (QED) is 0.712. The van der Waals surface area contributed by atoms with Crippen molar-refractivity contribution in [3.63, 3.8) is 0 Å². The fourth-order valence-electron chi connectivity index (χ4n) is 2.90. The second-order valence-corrected chi connectivity index (χ2v) is 7.35. The zero-order chi connectivity index (χ0) is 17.3. The first-order valence-corrected chi connectivity index (χ1v) is 8.62. The van der Waals surface area contributed by atoms with E-state index in [-0.39, 0.29) is 12.4 Å². The molecule has 1 aromatic carbocycles. The number of hydrogen-bond acceptors (Lipinski definition) is 3. The van der Waals surface area contributed by atoms with Crippen LogP contribution < -0.4 is 5.32 Å². The smallest absolute Gasteiger partial charge is 0.314 e. The van der Waals surface area contributed by atoms with Crippen LogP contribution in [-0.4, -0.2) is 31.1 Å². The summed E-state index contributed by atoms with van der Waals surface area (Å²) < 4.78 is 53.6. The van der Waals surface area contributed by atoms with Gasteiger partial charge in [0.15, 0.2) is 0 Å². The highest BCUT2D eigenvalue weighted by Gasteiger charge is 2.33. The zero-order valence-corrected chi connectivity index (χ0v) is 15.3. The molecule has 1 saturated heterocycles. The first-order valence-electron chi connectivity index (χ1n) is 7.42. The van der Waals surface area contributed by atoms with Crippen molar-refractivity contribution in [2.24, 2.45) is 0 Å². The summed E-state index contributed by atoms with van der Waals surface area (Å²) in [5.41, 5.74) is -0.678. The van der Waals surface area contributed by atoms with Gasteiger partial charge in [0.1, 0.15) is 5.82 Å². The average Bonchev–Trinajstić information content (AvgIpc) is 2.93. The van der Waals surface area contributed by atoms with Crippen LogP contribution in [-0.2, 0) is 6.18 Å². The molecule has 0 bridgehead atoms. The van der Waals surface area contributed by atoms with Gasteiger partial charge in [-0.2, -0.15) is 13.2 Å². The Morgan fingerprint density at radius 1 is 1.12 bits per heavy atom. The maximum atomic E-state index is 13.9. The van der Waals surface area contributed by atoms with E-state index in [1.54, 1.807) is 12.1 Å². The van der Waals surface area contributed by atoms with E-state index in [1.165, 1.54) is 17.4 Å². The van der Waals surface area contributed by atoms with Gasteiger partial charge >= 0.3 is 6.18 Å². The molecule has 1 fully saturated rings. The monoisotopic (exact) mass is 414 g/mol. The molecule has 1 aromatic heterocycles. The van der Waals surface area contributed by atoms with Gasteiger partial charge < -0.3 is 5.32 Å². The third kappa shape index (κ3) is 4.86. The highest BCUT2D eigenvalue weighted by molar-refractivity contribution is 7.16. The van der Waals surface area contributed by atoms with Crippen LogP contribution in [0.4, 0.5) is 17.6 Å². The molecule has 0 spiro atoms. The third-order valence-electron chi connectivity index (χ3n) is 3.94. The Morgan fingerprint density at radius 2 is 1.80 bits per heavy atom. The molecule has 9 heteroatoms. The summed E-state index contributed by atoms with van der Waals surface area (Å²) in [6.45, 7) is 2.80. The van der Waals surface area contributed by atoms with Gasteiger partial charge in [0, 0.05) is 31.1 Å². The van der Waals surface area contributed by atoms with Crippen molar-refractivity contribution in [3.8, 4) is 0 Å². The molecule has 0 radical (unpaired) electrons. The lowest BCUT2D eigenvalue weighted by atomic mass is 10.00. The van der Waals surface area contributed by atoms with Gasteiger partial charge in [-0.25, -0.2) is 4.39 Å². The van der Waals surface area contributed by atoms with Crippen LogP contribution in [0.15, 0.2) is 30.3 Å². The van der Waals surface area contributed by atoms with Crippen LogP contribution in [0.2, 0.25) is 4.34 Å². The van der Waals surface area contributed by atoms with E-state index >= 15 is 0 Å². The van der Waals surface area contributed by atoms with Gasteiger partial charge in [-0.05, 0) is 35.9 Å². The molecule has 1 aliphatic rings. The summed E-state index contributed by atoms with van der Waals surface area (Å²) in [5.74, 6) is -0.886. The molecular formula is C16H16Cl2F4N2S. The van der Waals surface area contributed by atoms with Gasteiger partial charge in [-0.1, -0.05) is 11.6 Å². The molecule has 2 nitrogen and oxygen atoms in total. The molecule has 0 aliphatic carbocycles. The molecule has 1 atom stereocenters. The molecule has 1 aliphatic heterocycles. The van der Waals surface area contributed by atoms with E-state index in [0.29, 0.717) is 29.1 Å². The van der Waals surface area contributed by atoms with Crippen LogP contribution in [0.25, 0.3) is 0 Å². The Hall–Kier alpha value is -0.860. The number of thiophene rings is 1. The molecule has 138 valence electrons. The highest BCUT2D eigenvalue weighted by atomic mass is 35.5. The maximum Gasteiger partial charge on any atom is 0.416 e. The normalized spacial score (nSPS) is 17.2. The van der Waals surface area contributed by atoms with Gasteiger partial charge in [0.05, 0.1) is 15.9 Å². The van der Waals surface area contributed by atoms with E-state index < -0.39 is 23.6 Å². The molecule has 2 aromatic rings. The lowest BCUT2D eigenvalue weighted by Gasteiger charge is -2.35. The van der Waals surface area contributed by atoms with E-state index in [1.807, 2.05) is 4.90 Å². The molecule has 0 amide bonds. The van der Waals surface area contributed by atoms with Gasteiger partial charge in [0.2, 0.25) is 0 Å². The number of alkyl halides is 3. The number of halogens is 6. The summed E-state index contributed by atoms with van der Waals surface area (Å²) >= 11 is 7.30. The Bertz CT molecular complexity index is 714.